The number of carbonyl (C=O) groups is 1. The van der Waals surface area contributed by atoms with E-state index in [-0.39, 0.29) is 11.6 Å². The highest BCUT2D eigenvalue weighted by atomic mass is 79.9. The van der Waals surface area contributed by atoms with E-state index in [0.29, 0.717) is 16.9 Å². The van der Waals surface area contributed by atoms with Crippen LogP contribution in [-0.2, 0) is 0 Å². The molecule has 1 aromatic rings. The summed E-state index contributed by atoms with van der Waals surface area (Å²) in [5.74, 6) is -0.215. The molecule has 1 aromatic carbocycles. The number of nitro benzene ring substituents is 1. The lowest BCUT2D eigenvalue weighted by Gasteiger charge is -2.06. The molecule has 1 N–H and O–H groups in total. The van der Waals surface area contributed by atoms with Crippen molar-refractivity contribution in [3.63, 3.8) is 0 Å². The second-order valence-corrected chi connectivity index (χ2v) is 5.19. The van der Waals surface area contributed by atoms with Crippen LogP contribution in [0.2, 0.25) is 0 Å². The number of carbonyl (C=O) groups excluding carboxylic acids is 1. The lowest BCUT2D eigenvalue weighted by Crippen LogP contribution is -2.25. The molecular weight excluding hydrogens is 288 g/mol. The van der Waals surface area contributed by atoms with E-state index in [2.05, 4.69) is 21.2 Å². The van der Waals surface area contributed by atoms with Crippen LogP contribution in [0.1, 0.15) is 23.7 Å². The fraction of sp³-hybridized carbons (Fsp3) is 0.364. The number of halogens is 1. The first-order valence-corrected chi connectivity index (χ1v) is 6.09. The van der Waals surface area contributed by atoms with Crippen LogP contribution in [0.3, 0.4) is 0 Å². The van der Waals surface area contributed by atoms with Gasteiger partial charge in [0, 0.05) is 29.1 Å². The van der Waals surface area contributed by atoms with Crippen molar-refractivity contribution >= 4 is 27.5 Å². The standard InChI is InChI=1S/C11H13BrN2O3/c1-8(12)6-7-13-11(15)9-2-4-10(5-3-9)14(16)17/h2-5,8H,6-7H2,1H3,(H,13,15). The normalized spacial score (nSPS) is 11.9. The molecule has 0 saturated heterocycles. The average Bonchev–Trinajstić information content (AvgIpc) is 2.28. The fourth-order valence-electron chi connectivity index (χ4n) is 1.22. The predicted molar refractivity (Wildman–Crippen MR) is 68.4 cm³/mol. The van der Waals surface area contributed by atoms with Gasteiger partial charge in [0.15, 0.2) is 0 Å². The molecule has 92 valence electrons. The van der Waals surface area contributed by atoms with Crippen molar-refractivity contribution in [2.45, 2.75) is 18.2 Å². The molecule has 0 heterocycles. The van der Waals surface area contributed by atoms with Gasteiger partial charge in [0.25, 0.3) is 11.6 Å². The highest BCUT2D eigenvalue weighted by molar-refractivity contribution is 9.09. The van der Waals surface area contributed by atoms with Crippen LogP contribution < -0.4 is 5.32 Å². The summed E-state index contributed by atoms with van der Waals surface area (Å²) in [5.41, 5.74) is 0.411. The Bertz CT molecular complexity index is 404. The number of nitrogens with zero attached hydrogens (tertiary/aromatic N) is 1. The van der Waals surface area contributed by atoms with E-state index in [1.165, 1.54) is 24.3 Å². The number of nitro groups is 1. The number of amides is 1. The molecule has 6 heteroatoms. The van der Waals surface area contributed by atoms with Crippen LogP contribution in [0.25, 0.3) is 0 Å². The molecule has 0 fully saturated rings. The number of alkyl halides is 1. The molecule has 0 bridgehead atoms. The van der Waals surface area contributed by atoms with E-state index in [4.69, 9.17) is 0 Å². The number of rotatable bonds is 5. The van der Waals surface area contributed by atoms with Crippen LogP contribution in [0.15, 0.2) is 24.3 Å². The van der Waals surface area contributed by atoms with E-state index in [9.17, 15) is 14.9 Å². The minimum atomic E-state index is -0.492. The van der Waals surface area contributed by atoms with Crippen molar-refractivity contribution in [3.05, 3.63) is 39.9 Å². The van der Waals surface area contributed by atoms with Gasteiger partial charge < -0.3 is 5.32 Å². The van der Waals surface area contributed by atoms with Gasteiger partial charge in [-0.2, -0.15) is 0 Å². The third-order valence-electron chi connectivity index (χ3n) is 2.17. The number of hydrogen-bond donors (Lipinski definition) is 1. The van der Waals surface area contributed by atoms with E-state index < -0.39 is 4.92 Å². The Balaban J connectivity index is 2.55. The third-order valence-corrected chi connectivity index (χ3v) is 2.63. The molecule has 1 atom stereocenters. The quantitative estimate of drug-likeness (QED) is 0.516. The highest BCUT2D eigenvalue weighted by Crippen LogP contribution is 2.11. The molecule has 0 aliphatic rings. The second-order valence-electron chi connectivity index (χ2n) is 3.63. The smallest absolute Gasteiger partial charge is 0.269 e. The molecule has 0 aromatic heterocycles. The van der Waals surface area contributed by atoms with Crippen molar-refractivity contribution in [3.8, 4) is 0 Å². The fourth-order valence-corrected chi connectivity index (χ4v) is 1.45. The van der Waals surface area contributed by atoms with Gasteiger partial charge in [-0.3, -0.25) is 14.9 Å². The first kappa shape index (κ1) is 13.6. The molecule has 5 nitrogen and oxygen atoms in total. The lowest BCUT2D eigenvalue weighted by molar-refractivity contribution is -0.384. The largest absolute Gasteiger partial charge is 0.352 e. The van der Waals surface area contributed by atoms with Gasteiger partial charge >= 0.3 is 0 Å². The summed E-state index contributed by atoms with van der Waals surface area (Å²) < 4.78 is 0. The first-order chi connectivity index (χ1) is 8.00. The summed E-state index contributed by atoms with van der Waals surface area (Å²) in [6.07, 6.45) is 0.832. The summed E-state index contributed by atoms with van der Waals surface area (Å²) in [6, 6.07) is 5.54. The Morgan fingerprint density at radius 3 is 2.53 bits per heavy atom. The zero-order chi connectivity index (χ0) is 12.8. The molecule has 17 heavy (non-hydrogen) atoms. The van der Waals surface area contributed by atoms with Gasteiger partial charge in [0.2, 0.25) is 0 Å². The maximum Gasteiger partial charge on any atom is 0.269 e. The SMILES string of the molecule is CC(Br)CCNC(=O)c1ccc([N+](=O)[O-])cc1. The molecule has 0 aliphatic heterocycles. The van der Waals surface area contributed by atoms with Crippen LogP contribution in [0.5, 0.6) is 0 Å². The van der Waals surface area contributed by atoms with Gasteiger partial charge in [-0.15, -0.1) is 0 Å². The Morgan fingerprint density at radius 2 is 2.06 bits per heavy atom. The summed E-state index contributed by atoms with van der Waals surface area (Å²) >= 11 is 3.38. The van der Waals surface area contributed by atoms with Gasteiger partial charge in [0.05, 0.1) is 4.92 Å². The van der Waals surface area contributed by atoms with Gasteiger partial charge in [-0.25, -0.2) is 0 Å². The van der Waals surface area contributed by atoms with E-state index in [0.717, 1.165) is 6.42 Å². The van der Waals surface area contributed by atoms with Crippen molar-refractivity contribution in [2.24, 2.45) is 0 Å². The average molecular weight is 301 g/mol. The Morgan fingerprint density at radius 1 is 1.47 bits per heavy atom. The van der Waals surface area contributed by atoms with E-state index >= 15 is 0 Å². The number of non-ortho nitro benzene ring substituents is 1. The summed E-state index contributed by atoms with van der Waals surface area (Å²) in [6.45, 7) is 2.57. The topological polar surface area (TPSA) is 72.2 Å². The number of hydrogen-bond acceptors (Lipinski definition) is 3. The molecule has 0 spiro atoms. The molecule has 0 radical (unpaired) electrons. The Labute approximate surface area is 107 Å². The molecule has 0 aliphatic carbocycles. The number of benzene rings is 1. The van der Waals surface area contributed by atoms with E-state index in [1.807, 2.05) is 6.92 Å². The van der Waals surface area contributed by atoms with Gasteiger partial charge in [-0.1, -0.05) is 22.9 Å². The molecule has 1 rings (SSSR count). The molecule has 0 saturated carbocycles. The molecular formula is C11H13BrN2O3. The maximum absolute atomic E-state index is 11.6. The zero-order valence-electron chi connectivity index (χ0n) is 9.35. The minimum Gasteiger partial charge on any atom is -0.352 e. The molecule has 1 amide bonds. The van der Waals surface area contributed by atoms with Crippen LogP contribution in [0, 0.1) is 10.1 Å². The van der Waals surface area contributed by atoms with Crippen molar-refractivity contribution < 1.29 is 9.72 Å². The van der Waals surface area contributed by atoms with Gasteiger partial charge in [-0.05, 0) is 18.6 Å². The summed E-state index contributed by atoms with van der Waals surface area (Å²) in [7, 11) is 0. The predicted octanol–water partition coefficient (Wildman–Crippen LogP) is 2.50. The van der Waals surface area contributed by atoms with E-state index in [1.54, 1.807) is 0 Å². The van der Waals surface area contributed by atoms with Crippen LogP contribution in [-0.4, -0.2) is 22.2 Å². The van der Waals surface area contributed by atoms with Crippen molar-refractivity contribution in [1.82, 2.24) is 5.32 Å². The van der Waals surface area contributed by atoms with Gasteiger partial charge in [0.1, 0.15) is 0 Å². The third kappa shape index (κ3) is 4.52. The van der Waals surface area contributed by atoms with Crippen molar-refractivity contribution in [1.29, 1.82) is 0 Å². The van der Waals surface area contributed by atoms with Crippen LogP contribution >= 0.6 is 15.9 Å². The Kier molecular flexibility index (Phi) is 5.09. The summed E-state index contributed by atoms with van der Waals surface area (Å²) in [5, 5.41) is 13.2. The second kappa shape index (κ2) is 6.34. The Hall–Kier alpha value is -1.43. The summed E-state index contributed by atoms with van der Waals surface area (Å²) in [4.78, 5) is 21.9. The number of nitrogens with one attached hydrogen (secondary N) is 1. The zero-order valence-corrected chi connectivity index (χ0v) is 10.9. The van der Waals surface area contributed by atoms with Crippen molar-refractivity contribution in [2.75, 3.05) is 6.54 Å². The highest BCUT2D eigenvalue weighted by Gasteiger charge is 2.08. The maximum atomic E-state index is 11.6. The first-order valence-electron chi connectivity index (χ1n) is 5.17. The van der Waals surface area contributed by atoms with Crippen LogP contribution in [0.4, 0.5) is 5.69 Å². The molecule has 1 unspecified atom stereocenters. The lowest BCUT2D eigenvalue weighted by atomic mass is 10.2. The monoisotopic (exact) mass is 300 g/mol. The minimum absolute atomic E-state index is 0.0179.